The molecule has 1 spiro atoms. The number of benzene rings is 1. The molecular formula is C22H33NO4. The fraction of sp³-hybridized carbons (Fsp3) is 0.727. The van der Waals surface area contributed by atoms with E-state index in [0.29, 0.717) is 26.4 Å². The van der Waals surface area contributed by atoms with Gasteiger partial charge in [-0.2, -0.15) is 0 Å². The molecule has 5 heteroatoms. The van der Waals surface area contributed by atoms with Crippen LogP contribution in [0.25, 0.3) is 0 Å². The Morgan fingerprint density at radius 2 is 1.85 bits per heavy atom. The molecular weight excluding hydrogens is 342 g/mol. The summed E-state index contributed by atoms with van der Waals surface area (Å²) in [6.07, 6.45) is 4.64. The fourth-order valence-electron chi connectivity index (χ4n) is 5.05. The Morgan fingerprint density at radius 3 is 2.52 bits per heavy atom. The van der Waals surface area contributed by atoms with Crippen molar-refractivity contribution in [3.63, 3.8) is 0 Å². The van der Waals surface area contributed by atoms with Crippen molar-refractivity contribution in [2.75, 3.05) is 32.9 Å². The van der Waals surface area contributed by atoms with E-state index < -0.39 is 6.10 Å². The first-order valence-electron chi connectivity index (χ1n) is 10.5. The second-order valence-electron chi connectivity index (χ2n) is 8.71. The largest absolute Gasteiger partial charge is 0.486 e. The lowest BCUT2D eigenvalue weighted by molar-refractivity contribution is -0.0195. The minimum Gasteiger partial charge on any atom is -0.486 e. The molecule has 0 radical (unpaired) electrons. The predicted molar refractivity (Wildman–Crippen MR) is 105 cm³/mol. The van der Waals surface area contributed by atoms with Crippen molar-refractivity contribution in [3.05, 3.63) is 23.3 Å². The minimum atomic E-state index is -0.466. The Labute approximate surface area is 162 Å². The molecule has 0 aromatic heterocycles. The maximum atomic E-state index is 10.5. The lowest BCUT2D eigenvalue weighted by atomic mass is 9.71. The highest BCUT2D eigenvalue weighted by Crippen LogP contribution is 2.51. The van der Waals surface area contributed by atoms with E-state index in [1.165, 1.54) is 36.8 Å². The monoisotopic (exact) mass is 375 g/mol. The average Bonchev–Trinajstić information content (AvgIpc) is 3.12. The molecule has 27 heavy (non-hydrogen) atoms. The standard InChI is InChI=1S/C22H33NO4/c1-15(2)27-13-17(24)12-23-14-22(6-4-5-7-22)19-11-21-20(25-8-9-26-21)10-18(19)16(23)3/h10-11,15-17,24H,4-9,12-14H2,1-3H3. The van der Waals surface area contributed by atoms with E-state index in [9.17, 15) is 5.11 Å². The van der Waals surface area contributed by atoms with Gasteiger partial charge < -0.3 is 19.3 Å². The maximum Gasteiger partial charge on any atom is 0.161 e. The number of hydrogen-bond acceptors (Lipinski definition) is 5. The molecule has 1 saturated carbocycles. The highest BCUT2D eigenvalue weighted by atomic mass is 16.6. The van der Waals surface area contributed by atoms with E-state index in [0.717, 1.165) is 18.0 Å². The van der Waals surface area contributed by atoms with Gasteiger partial charge in [0.05, 0.1) is 18.8 Å². The number of ether oxygens (including phenoxy) is 3. The van der Waals surface area contributed by atoms with Crippen LogP contribution in [-0.2, 0) is 10.2 Å². The molecule has 2 unspecified atom stereocenters. The van der Waals surface area contributed by atoms with E-state index in [1.54, 1.807) is 0 Å². The highest BCUT2D eigenvalue weighted by molar-refractivity contribution is 5.53. The van der Waals surface area contributed by atoms with Crippen molar-refractivity contribution >= 4 is 0 Å². The zero-order chi connectivity index (χ0) is 19.0. The molecule has 3 aliphatic rings. The first-order chi connectivity index (χ1) is 13.0. The van der Waals surface area contributed by atoms with Crippen LogP contribution in [0.2, 0.25) is 0 Å². The summed E-state index contributed by atoms with van der Waals surface area (Å²) in [6.45, 7) is 9.52. The van der Waals surface area contributed by atoms with Crippen molar-refractivity contribution in [2.45, 2.75) is 70.1 Å². The molecule has 1 aromatic rings. The molecule has 0 amide bonds. The summed E-state index contributed by atoms with van der Waals surface area (Å²) in [7, 11) is 0. The van der Waals surface area contributed by atoms with E-state index >= 15 is 0 Å². The number of rotatable bonds is 5. The van der Waals surface area contributed by atoms with Gasteiger partial charge in [-0.3, -0.25) is 4.90 Å². The van der Waals surface area contributed by atoms with Gasteiger partial charge in [0.1, 0.15) is 13.2 Å². The van der Waals surface area contributed by atoms with E-state index in [1.807, 2.05) is 13.8 Å². The SMILES string of the molecule is CC(C)OCC(O)CN1CC2(CCCC2)c2cc3c(cc2C1C)OCCO3. The molecule has 2 atom stereocenters. The van der Waals surface area contributed by atoms with Gasteiger partial charge in [-0.05, 0) is 56.9 Å². The van der Waals surface area contributed by atoms with Crippen LogP contribution >= 0.6 is 0 Å². The summed E-state index contributed by atoms with van der Waals surface area (Å²) in [6, 6.07) is 4.69. The van der Waals surface area contributed by atoms with Gasteiger partial charge in [-0.1, -0.05) is 12.8 Å². The van der Waals surface area contributed by atoms with Crippen LogP contribution in [0.3, 0.4) is 0 Å². The zero-order valence-corrected chi connectivity index (χ0v) is 16.9. The summed E-state index contributed by atoms with van der Waals surface area (Å²) >= 11 is 0. The summed E-state index contributed by atoms with van der Waals surface area (Å²) in [4.78, 5) is 2.44. The van der Waals surface area contributed by atoms with Gasteiger partial charge in [0.25, 0.3) is 0 Å². The molecule has 1 aliphatic carbocycles. The first-order valence-corrected chi connectivity index (χ1v) is 10.5. The summed E-state index contributed by atoms with van der Waals surface area (Å²) in [5, 5.41) is 10.5. The predicted octanol–water partition coefficient (Wildman–Crippen LogP) is 3.43. The van der Waals surface area contributed by atoms with E-state index in [4.69, 9.17) is 14.2 Å². The number of aliphatic hydroxyl groups is 1. The Kier molecular flexibility index (Phi) is 5.36. The van der Waals surface area contributed by atoms with Crippen LogP contribution in [0.15, 0.2) is 12.1 Å². The third-order valence-corrected chi connectivity index (χ3v) is 6.42. The van der Waals surface area contributed by atoms with Gasteiger partial charge in [-0.25, -0.2) is 0 Å². The van der Waals surface area contributed by atoms with Gasteiger partial charge in [-0.15, -0.1) is 0 Å². The van der Waals surface area contributed by atoms with Crippen LogP contribution in [0.1, 0.15) is 63.6 Å². The Balaban J connectivity index is 1.62. The molecule has 2 aliphatic heterocycles. The van der Waals surface area contributed by atoms with Crippen molar-refractivity contribution in [2.24, 2.45) is 0 Å². The number of hydrogen-bond donors (Lipinski definition) is 1. The third kappa shape index (κ3) is 3.69. The van der Waals surface area contributed by atoms with Crippen molar-refractivity contribution < 1.29 is 19.3 Å². The van der Waals surface area contributed by atoms with E-state index in [2.05, 4.69) is 24.0 Å². The quantitative estimate of drug-likeness (QED) is 0.854. The molecule has 1 fully saturated rings. The number of β-amino-alcohol motifs (C(OH)–C–C–N with tert-alkyl or cyclic N) is 1. The Hall–Kier alpha value is -1.30. The summed E-state index contributed by atoms with van der Waals surface area (Å²) in [5.41, 5.74) is 2.96. The van der Waals surface area contributed by atoms with Gasteiger partial charge >= 0.3 is 0 Å². The molecule has 1 aromatic carbocycles. The van der Waals surface area contributed by atoms with Crippen LogP contribution in [0.5, 0.6) is 11.5 Å². The smallest absolute Gasteiger partial charge is 0.161 e. The number of nitrogens with zero attached hydrogens (tertiary/aromatic N) is 1. The third-order valence-electron chi connectivity index (χ3n) is 6.42. The minimum absolute atomic E-state index is 0.143. The van der Waals surface area contributed by atoms with Crippen LogP contribution in [-0.4, -0.2) is 55.1 Å². The molecule has 1 N–H and O–H groups in total. The Bertz CT molecular complexity index is 669. The molecule has 4 rings (SSSR count). The average molecular weight is 376 g/mol. The topological polar surface area (TPSA) is 51.2 Å². The lowest BCUT2D eigenvalue weighted by Gasteiger charge is -2.47. The van der Waals surface area contributed by atoms with Crippen LogP contribution < -0.4 is 9.47 Å². The van der Waals surface area contributed by atoms with Crippen LogP contribution in [0.4, 0.5) is 0 Å². The molecule has 0 bridgehead atoms. The Morgan fingerprint density at radius 1 is 1.19 bits per heavy atom. The second-order valence-corrected chi connectivity index (χ2v) is 8.71. The lowest BCUT2D eigenvalue weighted by Crippen LogP contribution is -2.49. The van der Waals surface area contributed by atoms with Crippen LogP contribution in [0, 0.1) is 0 Å². The highest BCUT2D eigenvalue weighted by Gasteiger charge is 2.45. The normalized spacial score (nSPS) is 25.0. The molecule has 5 nitrogen and oxygen atoms in total. The van der Waals surface area contributed by atoms with Gasteiger partial charge in [0, 0.05) is 24.5 Å². The van der Waals surface area contributed by atoms with Crippen molar-refractivity contribution in [1.82, 2.24) is 4.90 Å². The zero-order valence-electron chi connectivity index (χ0n) is 16.9. The molecule has 0 saturated heterocycles. The van der Waals surface area contributed by atoms with Crippen molar-refractivity contribution in [1.29, 1.82) is 0 Å². The second kappa shape index (κ2) is 7.61. The summed E-state index contributed by atoms with van der Waals surface area (Å²) < 4.78 is 17.4. The molecule has 150 valence electrons. The van der Waals surface area contributed by atoms with E-state index in [-0.39, 0.29) is 17.6 Å². The van der Waals surface area contributed by atoms with Gasteiger partial charge in [0.15, 0.2) is 11.5 Å². The maximum absolute atomic E-state index is 10.5. The number of fused-ring (bicyclic) bond motifs is 3. The molecule has 2 heterocycles. The summed E-state index contributed by atoms with van der Waals surface area (Å²) in [5.74, 6) is 1.77. The number of aliphatic hydroxyl groups excluding tert-OH is 1. The van der Waals surface area contributed by atoms with Gasteiger partial charge in [0.2, 0.25) is 0 Å². The first kappa shape index (κ1) is 19.0. The van der Waals surface area contributed by atoms with Crippen molar-refractivity contribution in [3.8, 4) is 11.5 Å². The fourth-order valence-corrected chi connectivity index (χ4v) is 5.05.